The van der Waals surface area contributed by atoms with Crippen molar-refractivity contribution in [1.82, 2.24) is 0 Å². The highest BCUT2D eigenvalue weighted by molar-refractivity contribution is 6.17. The molecular formula is C15H20ClNO. The van der Waals surface area contributed by atoms with Gasteiger partial charge in [-0.15, -0.1) is 11.6 Å². The summed E-state index contributed by atoms with van der Waals surface area (Å²) in [4.78, 5) is 11.8. The van der Waals surface area contributed by atoms with Crippen LogP contribution in [0.1, 0.15) is 37.7 Å². The van der Waals surface area contributed by atoms with Gasteiger partial charge in [-0.25, -0.2) is 0 Å². The van der Waals surface area contributed by atoms with Gasteiger partial charge in [-0.05, 0) is 49.3 Å². The zero-order valence-electron chi connectivity index (χ0n) is 10.6. The second kappa shape index (κ2) is 6.79. The molecule has 1 saturated carbocycles. The molecule has 1 amide bonds. The van der Waals surface area contributed by atoms with E-state index >= 15 is 0 Å². The van der Waals surface area contributed by atoms with Crippen LogP contribution >= 0.6 is 11.6 Å². The standard InChI is InChI=1S/C15H20ClNO/c16-9-3-7-12-6-2-8-14(10-12)17-15(18)11-13-4-1-5-13/h2,6,8,10,13H,1,3-5,7,9,11H2,(H,17,18). The lowest BCUT2D eigenvalue weighted by molar-refractivity contribution is -0.117. The van der Waals surface area contributed by atoms with Crippen molar-refractivity contribution in [2.45, 2.75) is 38.5 Å². The van der Waals surface area contributed by atoms with E-state index in [1.807, 2.05) is 18.2 Å². The van der Waals surface area contributed by atoms with Crippen molar-refractivity contribution < 1.29 is 4.79 Å². The molecule has 1 N–H and O–H groups in total. The third-order valence-electron chi connectivity index (χ3n) is 3.51. The molecule has 0 unspecified atom stereocenters. The minimum Gasteiger partial charge on any atom is -0.326 e. The van der Waals surface area contributed by atoms with Crippen molar-refractivity contribution in [3.8, 4) is 0 Å². The summed E-state index contributed by atoms with van der Waals surface area (Å²) in [5.74, 6) is 1.44. The Bertz CT molecular complexity index is 401. The number of rotatable bonds is 6. The molecule has 0 radical (unpaired) electrons. The van der Waals surface area contributed by atoms with E-state index in [1.165, 1.54) is 24.8 Å². The lowest BCUT2D eigenvalue weighted by Crippen LogP contribution is -2.20. The number of anilines is 1. The Labute approximate surface area is 114 Å². The molecule has 2 nitrogen and oxygen atoms in total. The van der Waals surface area contributed by atoms with Gasteiger partial charge in [0.1, 0.15) is 0 Å². The van der Waals surface area contributed by atoms with Crippen molar-refractivity contribution in [1.29, 1.82) is 0 Å². The summed E-state index contributed by atoms with van der Waals surface area (Å²) in [5.41, 5.74) is 2.14. The first-order chi connectivity index (χ1) is 8.78. The maximum atomic E-state index is 11.8. The van der Waals surface area contributed by atoms with Crippen LogP contribution in [0.25, 0.3) is 0 Å². The predicted molar refractivity (Wildman–Crippen MR) is 76.1 cm³/mol. The summed E-state index contributed by atoms with van der Waals surface area (Å²) in [6, 6.07) is 8.06. The molecule has 0 bridgehead atoms. The van der Waals surface area contributed by atoms with Crippen molar-refractivity contribution in [2.24, 2.45) is 5.92 Å². The lowest BCUT2D eigenvalue weighted by Gasteiger charge is -2.24. The Hall–Kier alpha value is -1.02. The normalized spacial score (nSPS) is 15.2. The minimum absolute atomic E-state index is 0.147. The monoisotopic (exact) mass is 265 g/mol. The molecule has 98 valence electrons. The van der Waals surface area contributed by atoms with Gasteiger partial charge in [0.05, 0.1) is 0 Å². The molecule has 1 aliphatic carbocycles. The van der Waals surface area contributed by atoms with Gasteiger partial charge in [0, 0.05) is 18.0 Å². The summed E-state index contributed by atoms with van der Waals surface area (Å²) in [5, 5.41) is 2.99. The molecule has 1 aromatic rings. The van der Waals surface area contributed by atoms with Gasteiger partial charge in [0.25, 0.3) is 0 Å². The average Bonchev–Trinajstić information content (AvgIpc) is 2.32. The summed E-state index contributed by atoms with van der Waals surface area (Å²) in [6.07, 6.45) is 6.32. The van der Waals surface area contributed by atoms with Gasteiger partial charge in [0.2, 0.25) is 5.91 Å². The van der Waals surface area contributed by atoms with E-state index in [0.29, 0.717) is 18.2 Å². The summed E-state index contributed by atoms with van der Waals surface area (Å²) in [7, 11) is 0. The Morgan fingerprint density at radius 2 is 2.22 bits per heavy atom. The van der Waals surface area contributed by atoms with Gasteiger partial charge in [0.15, 0.2) is 0 Å². The Kier molecular flexibility index (Phi) is 5.06. The molecule has 18 heavy (non-hydrogen) atoms. The van der Waals surface area contributed by atoms with E-state index in [2.05, 4.69) is 11.4 Å². The second-order valence-electron chi connectivity index (χ2n) is 5.04. The first kappa shape index (κ1) is 13.4. The van der Waals surface area contributed by atoms with Gasteiger partial charge < -0.3 is 5.32 Å². The first-order valence-corrected chi connectivity index (χ1v) is 7.26. The number of hydrogen-bond acceptors (Lipinski definition) is 1. The summed E-state index contributed by atoms with van der Waals surface area (Å²) < 4.78 is 0. The molecule has 1 aliphatic rings. The van der Waals surface area contributed by atoms with E-state index in [4.69, 9.17) is 11.6 Å². The number of benzene rings is 1. The van der Waals surface area contributed by atoms with Gasteiger partial charge in [-0.1, -0.05) is 18.6 Å². The fourth-order valence-corrected chi connectivity index (χ4v) is 2.38. The van der Waals surface area contributed by atoms with Crippen LogP contribution in [-0.2, 0) is 11.2 Å². The van der Waals surface area contributed by atoms with Gasteiger partial charge >= 0.3 is 0 Å². The smallest absolute Gasteiger partial charge is 0.224 e. The minimum atomic E-state index is 0.147. The lowest BCUT2D eigenvalue weighted by atomic mass is 9.83. The maximum Gasteiger partial charge on any atom is 0.224 e. The molecule has 0 saturated heterocycles. The van der Waals surface area contributed by atoms with Gasteiger partial charge in [-0.2, -0.15) is 0 Å². The number of amides is 1. The van der Waals surface area contributed by atoms with Crippen LogP contribution in [0.2, 0.25) is 0 Å². The van der Waals surface area contributed by atoms with Crippen molar-refractivity contribution in [3.63, 3.8) is 0 Å². The van der Waals surface area contributed by atoms with E-state index in [1.54, 1.807) is 0 Å². The van der Waals surface area contributed by atoms with Crippen LogP contribution in [0.4, 0.5) is 5.69 Å². The molecule has 3 heteroatoms. The van der Waals surface area contributed by atoms with Crippen LogP contribution in [0, 0.1) is 5.92 Å². The molecule has 0 atom stereocenters. The van der Waals surface area contributed by atoms with Crippen molar-refractivity contribution >= 4 is 23.2 Å². The molecule has 0 aromatic heterocycles. The third-order valence-corrected chi connectivity index (χ3v) is 3.78. The topological polar surface area (TPSA) is 29.1 Å². The zero-order chi connectivity index (χ0) is 12.8. The number of nitrogens with one attached hydrogen (secondary N) is 1. The Morgan fingerprint density at radius 1 is 1.39 bits per heavy atom. The maximum absolute atomic E-state index is 11.8. The van der Waals surface area contributed by atoms with Crippen LogP contribution in [0.5, 0.6) is 0 Å². The molecule has 0 heterocycles. The highest BCUT2D eigenvalue weighted by Crippen LogP contribution is 2.29. The fourth-order valence-electron chi connectivity index (χ4n) is 2.25. The highest BCUT2D eigenvalue weighted by Gasteiger charge is 2.20. The molecular weight excluding hydrogens is 246 g/mol. The average molecular weight is 266 g/mol. The predicted octanol–water partition coefficient (Wildman–Crippen LogP) is 3.99. The number of halogens is 1. The van der Waals surface area contributed by atoms with E-state index in [-0.39, 0.29) is 5.91 Å². The van der Waals surface area contributed by atoms with Crippen molar-refractivity contribution in [3.05, 3.63) is 29.8 Å². The quantitative estimate of drug-likeness (QED) is 0.775. The number of hydrogen-bond donors (Lipinski definition) is 1. The number of aryl methyl sites for hydroxylation is 1. The largest absolute Gasteiger partial charge is 0.326 e. The number of carbonyl (C=O) groups excluding carboxylic acids is 1. The van der Waals surface area contributed by atoms with Gasteiger partial charge in [-0.3, -0.25) is 4.79 Å². The fraction of sp³-hybridized carbons (Fsp3) is 0.533. The number of carbonyl (C=O) groups is 1. The Morgan fingerprint density at radius 3 is 2.89 bits per heavy atom. The van der Waals surface area contributed by atoms with Crippen LogP contribution in [0.3, 0.4) is 0 Å². The number of alkyl halides is 1. The molecule has 1 fully saturated rings. The molecule has 1 aromatic carbocycles. The van der Waals surface area contributed by atoms with Crippen LogP contribution < -0.4 is 5.32 Å². The highest BCUT2D eigenvalue weighted by atomic mass is 35.5. The first-order valence-electron chi connectivity index (χ1n) is 6.72. The third kappa shape index (κ3) is 4.02. The van der Waals surface area contributed by atoms with Crippen LogP contribution in [-0.4, -0.2) is 11.8 Å². The van der Waals surface area contributed by atoms with E-state index in [0.717, 1.165) is 18.5 Å². The summed E-state index contributed by atoms with van der Waals surface area (Å²) in [6.45, 7) is 0. The van der Waals surface area contributed by atoms with E-state index < -0.39 is 0 Å². The van der Waals surface area contributed by atoms with Crippen molar-refractivity contribution in [2.75, 3.05) is 11.2 Å². The van der Waals surface area contributed by atoms with E-state index in [9.17, 15) is 4.79 Å². The molecule has 2 rings (SSSR count). The second-order valence-corrected chi connectivity index (χ2v) is 5.42. The summed E-state index contributed by atoms with van der Waals surface area (Å²) >= 11 is 5.69. The zero-order valence-corrected chi connectivity index (χ0v) is 11.4. The Balaban J connectivity index is 1.85. The molecule has 0 spiro atoms. The van der Waals surface area contributed by atoms with Crippen LogP contribution in [0.15, 0.2) is 24.3 Å². The SMILES string of the molecule is O=C(CC1CCC1)Nc1cccc(CCCCl)c1. The molecule has 0 aliphatic heterocycles.